The molecule has 35 heavy (non-hydrogen) atoms. The van der Waals surface area contributed by atoms with Crippen molar-refractivity contribution in [3.8, 4) is 11.3 Å². The van der Waals surface area contributed by atoms with Crippen molar-refractivity contribution in [2.75, 3.05) is 36.4 Å². The summed E-state index contributed by atoms with van der Waals surface area (Å²) in [5.74, 6) is 0.698. The van der Waals surface area contributed by atoms with Crippen LogP contribution in [0.2, 0.25) is 0 Å². The summed E-state index contributed by atoms with van der Waals surface area (Å²) in [4.78, 5) is 16.5. The summed E-state index contributed by atoms with van der Waals surface area (Å²) in [6.07, 6.45) is 1.47. The summed E-state index contributed by atoms with van der Waals surface area (Å²) in [5, 5.41) is 10.9. The molecule has 2 aromatic heterocycles. The van der Waals surface area contributed by atoms with Crippen LogP contribution in [-0.4, -0.2) is 47.3 Å². The van der Waals surface area contributed by atoms with Crippen molar-refractivity contribution in [2.24, 2.45) is 5.73 Å². The Hall–Kier alpha value is -4.18. The molecule has 0 saturated carbocycles. The first-order chi connectivity index (χ1) is 17.1. The molecular formula is C25H25FN6O3. The molecule has 3 N–H and O–H groups in total. The van der Waals surface area contributed by atoms with E-state index in [0.29, 0.717) is 61.2 Å². The Balaban J connectivity index is 1.19. The number of amides is 1. The summed E-state index contributed by atoms with van der Waals surface area (Å²) in [6.45, 7) is 2.37. The lowest BCUT2D eigenvalue weighted by Crippen LogP contribution is -2.51. The fraction of sp³-hybridized carbons (Fsp3) is 0.240. The van der Waals surface area contributed by atoms with Crippen LogP contribution >= 0.6 is 0 Å². The average Bonchev–Trinajstić information content (AvgIpc) is 3.60. The van der Waals surface area contributed by atoms with Gasteiger partial charge >= 0.3 is 0 Å². The largest absolute Gasteiger partial charge is 0.366 e. The van der Waals surface area contributed by atoms with Gasteiger partial charge in [0.1, 0.15) is 23.8 Å². The van der Waals surface area contributed by atoms with E-state index >= 15 is 4.39 Å². The zero-order valence-electron chi connectivity index (χ0n) is 18.9. The Bertz CT molecular complexity index is 1270. The number of benzene rings is 2. The van der Waals surface area contributed by atoms with E-state index < -0.39 is 6.04 Å². The molecule has 3 heterocycles. The van der Waals surface area contributed by atoms with Gasteiger partial charge in [0, 0.05) is 43.9 Å². The highest BCUT2D eigenvalue weighted by atomic mass is 19.1. The maximum Gasteiger partial charge on any atom is 0.244 e. The molecule has 180 valence electrons. The van der Waals surface area contributed by atoms with E-state index in [1.54, 1.807) is 23.1 Å². The lowest BCUT2D eigenvalue weighted by atomic mass is 10.1. The zero-order chi connectivity index (χ0) is 24.2. The number of hydrogen-bond donors (Lipinski definition) is 2. The molecule has 10 heteroatoms. The second-order valence-electron chi connectivity index (χ2n) is 8.28. The number of nitrogens with one attached hydrogen (secondary N) is 1. The minimum Gasteiger partial charge on any atom is -0.366 e. The van der Waals surface area contributed by atoms with Crippen LogP contribution in [0.15, 0.2) is 76.0 Å². The normalized spacial score (nSPS) is 14.7. The number of piperazine rings is 1. The first-order valence-corrected chi connectivity index (χ1v) is 11.3. The van der Waals surface area contributed by atoms with E-state index in [1.807, 2.05) is 41.3 Å². The average molecular weight is 477 g/mol. The summed E-state index contributed by atoms with van der Waals surface area (Å²) < 4.78 is 25.1. The van der Waals surface area contributed by atoms with Gasteiger partial charge in [-0.05, 0) is 17.7 Å². The highest BCUT2D eigenvalue weighted by Gasteiger charge is 2.27. The Morgan fingerprint density at radius 2 is 1.86 bits per heavy atom. The molecule has 0 aliphatic carbocycles. The topological polar surface area (TPSA) is 114 Å². The van der Waals surface area contributed by atoms with Gasteiger partial charge in [-0.1, -0.05) is 46.7 Å². The van der Waals surface area contributed by atoms with Gasteiger partial charge in [0.2, 0.25) is 5.91 Å². The number of nitrogens with zero attached hydrogens (tertiary/aromatic N) is 4. The number of anilines is 2. The molecule has 1 fully saturated rings. The first kappa shape index (κ1) is 22.6. The third-order valence-corrected chi connectivity index (χ3v) is 6.04. The van der Waals surface area contributed by atoms with E-state index in [0.717, 1.165) is 5.56 Å². The van der Waals surface area contributed by atoms with Crippen molar-refractivity contribution < 1.29 is 18.2 Å². The molecule has 0 spiro atoms. The molecule has 1 saturated heterocycles. The van der Waals surface area contributed by atoms with Crippen molar-refractivity contribution in [3.05, 3.63) is 84.1 Å². The predicted octanol–water partition coefficient (Wildman–Crippen LogP) is 3.43. The van der Waals surface area contributed by atoms with Crippen molar-refractivity contribution in [1.29, 1.82) is 0 Å². The van der Waals surface area contributed by atoms with Gasteiger partial charge in [0.05, 0.1) is 12.2 Å². The molecule has 4 aromatic rings. The highest BCUT2D eigenvalue weighted by Crippen LogP contribution is 2.28. The monoisotopic (exact) mass is 476 g/mol. The summed E-state index contributed by atoms with van der Waals surface area (Å²) in [6, 6.07) is 17.1. The SMILES string of the molecule is NC(C(=O)N1CCN(c2ccc(-c3cc(CNc4ccon4)on3)cc2F)CC1)c1ccccc1. The number of aromatic nitrogens is 2. The van der Waals surface area contributed by atoms with Gasteiger partial charge in [-0.2, -0.15) is 0 Å². The number of halogens is 1. The van der Waals surface area contributed by atoms with Crippen LogP contribution in [0.1, 0.15) is 17.4 Å². The van der Waals surface area contributed by atoms with Gasteiger partial charge in [-0.3, -0.25) is 4.79 Å². The third kappa shape index (κ3) is 5.02. The molecule has 1 aliphatic rings. The molecule has 1 atom stereocenters. The molecule has 5 rings (SSSR count). The van der Waals surface area contributed by atoms with Crippen LogP contribution in [0, 0.1) is 5.82 Å². The van der Waals surface area contributed by atoms with E-state index in [4.69, 9.17) is 14.8 Å². The minimum absolute atomic E-state index is 0.119. The predicted molar refractivity (Wildman–Crippen MR) is 128 cm³/mol. The van der Waals surface area contributed by atoms with Gasteiger partial charge in [-0.25, -0.2) is 4.39 Å². The molecule has 1 unspecified atom stereocenters. The molecule has 9 nitrogen and oxygen atoms in total. The van der Waals surface area contributed by atoms with E-state index in [-0.39, 0.29) is 11.7 Å². The minimum atomic E-state index is -0.697. The number of carbonyl (C=O) groups excluding carboxylic acids is 1. The lowest BCUT2D eigenvalue weighted by Gasteiger charge is -2.37. The van der Waals surface area contributed by atoms with Crippen molar-refractivity contribution >= 4 is 17.4 Å². The van der Waals surface area contributed by atoms with E-state index in [1.165, 1.54) is 12.3 Å². The summed E-state index contributed by atoms with van der Waals surface area (Å²) in [5.41, 5.74) is 8.60. The fourth-order valence-electron chi connectivity index (χ4n) is 4.10. The van der Waals surface area contributed by atoms with E-state index in [9.17, 15) is 4.79 Å². The number of hydrogen-bond acceptors (Lipinski definition) is 8. The van der Waals surface area contributed by atoms with Crippen molar-refractivity contribution in [3.63, 3.8) is 0 Å². The summed E-state index contributed by atoms with van der Waals surface area (Å²) in [7, 11) is 0. The quantitative estimate of drug-likeness (QED) is 0.417. The number of carbonyl (C=O) groups is 1. The van der Waals surface area contributed by atoms with Crippen LogP contribution < -0.4 is 16.0 Å². The maximum absolute atomic E-state index is 15.0. The van der Waals surface area contributed by atoms with Crippen LogP contribution in [-0.2, 0) is 11.3 Å². The molecule has 0 bridgehead atoms. The first-order valence-electron chi connectivity index (χ1n) is 11.3. The summed E-state index contributed by atoms with van der Waals surface area (Å²) >= 11 is 0. The number of nitrogens with two attached hydrogens (primary N) is 1. The standard InChI is InChI=1S/C25H25FN6O3/c26-20-14-18(21-15-19(35-29-21)16-28-23-8-13-34-30-23)6-7-22(20)31-9-11-32(12-10-31)25(33)24(27)17-4-2-1-3-5-17/h1-8,13-15,24H,9-12,16,27H2,(H,28,30). The van der Waals surface area contributed by atoms with Crippen molar-refractivity contribution in [1.82, 2.24) is 15.2 Å². The highest BCUT2D eigenvalue weighted by molar-refractivity contribution is 5.83. The lowest BCUT2D eigenvalue weighted by molar-refractivity contribution is -0.133. The van der Waals surface area contributed by atoms with Gasteiger partial charge in [0.25, 0.3) is 0 Å². The second-order valence-corrected chi connectivity index (χ2v) is 8.28. The van der Waals surface area contributed by atoms with Crippen molar-refractivity contribution in [2.45, 2.75) is 12.6 Å². The van der Waals surface area contributed by atoms with Crippen LogP contribution in [0.25, 0.3) is 11.3 Å². The van der Waals surface area contributed by atoms with E-state index in [2.05, 4.69) is 15.6 Å². The Labute approximate surface area is 201 Å². The Morgan fingerprint density at radius 3 is 2.57 bits per heavy atom. The van der Waals surface area contributed by atoms with Crippen LogP contribution in [0.4, 0.5) is 15.9 Å². The number of rotatable bonds is 7. The zero-order valence-corrected chi connectivity index (χ0v) is 18.9. The van der Waals surface area contributed by atoms with Gasteiger partial charge in [0.15, 0.2) is 11.6 Å². The van der Waals surface area contributed by atoms with Gasteiger partial charge in [-0.15, -0.1) is 0 Å². The molecule has 1 aliphatic heterocycles. The Morgan fingerprint density at radius 1 is 1.06 bits per heavy atom. The third-order valence-electron chi connectivity index (χ3n) is 6.04. The molecule has 1 amide bonds. The fourth-order valence-corrected chi connectivity index (χ4v) is 4.10. The van der Waals surface area contributed by atoms with Crippen LogP contribution in [0.3, 0.4) is 0 Å². The van der Waals surface area contributed by atoms with Gasteiger partial charge < -0.3 is 29.9 Å². The molecule has 2 aromatic carbocycles. The molecular weight excluding hydrogens is 451 g/mol. The maximum atomic E-state index is 15.0. The van der Waals surface area contributed by atoms with Crippen LogP contribution in [0.5, 0.6) is 0 Å². The Kier molecular flexibility index (Phi) is 6.44. The smallest absolute Gasteiger partial charge is 0.244 e. The molecule has 0 radical (unpaired) electrons. The second kappa shape index (κ2) is 9.98.